The van der Waals surface area contributed by atoms with E-state index < -0.39 is 12.3 Å². The van der Waals surface area contributed by atoms with E-state index in [2.05, 4.69) is 4.74 Å². The van der Waals surface area contributed by atoms with Crippen LogP contribution >= 0.6 is 0 Å². The van der Waals surface area contributed by atoms with Crippen molar-refractivity contribution < 1.29 is 45.0 Å². The Labute approximate surface area is 82.5 Å². The van der Waals surface area contributed by atoms with Crippen molar-refractivity contribution in [1.82, 2.24) is 0 Å². The topological polar surface area (TPSA) is 218 Å². The Kier molecular flexibility index (Phi) is 80.3. The molecule has 0 aromatic carbocycles. The summed E-state index contributed by atoms with van der Waals surface area (Å²) >= 11 is 0. The van der Waals surface area contributed by atoms with Gasteiger partial charge >= 0.3 is 12.3 Å². The number of ether oxygens (including phenoxy) is 1. The predicted octanol–water partition coefficient (Wildman–Crippen LogP) is 3.22. The quantitative estimate of drug-likeness (QED) is 0.385. The Morgan fingerprint density at radius 1 is 0.833 bits per heavy atom. The second-order valence-corrected chi connectivity index (χ2v) is 0.634. The van der Waals surface area contributed by atoms with Crippen LogP contribution in [-0.4, -0.2) is 22.5 Å². The van der Waals surface area contributed by atoms with E-state index in [1.807, 2.05) is 0 Å². The third-order valence-corrected chi connectivity index (χ3v) is 0.175. The van der Waals surface area contributed by atoms with Crippen LogP contribution in [0.3, 0.4) is 0 Å². The Balaban J connectivity index is -0.0000000180. The minimum atomic E-state index is -1.81. The molecule has 0 bridgehead atoms. The fourth-order valence-electron chi connectivity index (χ4n) is 0.0747. The molecule has 0 saturated carbocycles. The van der Waals surface area contributed by atoms with Gasteiger partial charge in [-0.1, -0.05) is 0 Å². The number of carboxylic acid groups (broad SMARTS) is 2. The first-order chi connectivity index (χ1) is 3.13. The van der Waals surface area contributed by atoms with Crippen molar-refractivity contribution in [3.8, 4) is 0 Å². The minimum Gasteiger partial charge on any atom is -0.693 e. The zero-order valence-corrected chi connectivity index (χ0v) is 7.30. The molecule has 0 atom stereocenters. The van der Waals surface area contributed by atoms with Crippen molar-refractivity contribution in [2.24, 2.45) is 0 Å². The molecule has 10 N–H and O–H groups in total. The molecule has 0 aromatic rings. The van der Waals surface area contributed by atoms with Gasteiger partial charge in [-0.15, -0.1) is 0 Å². The van der Waals surface area contributed by atoms with Crippen LogP contribution in [-0.2, 0) is 25.2 Å². The van der Waals surface area contributed by atoms with Gasteiger partial charge in [-0.05, 0) is 0 Å². The van der Waals surface area contributed by atoms with Gasteiger partial charge in [-0.2, -0.15) is 0 Å². The standard InChI is InChI=1S/C2H2O5.4H2N.Pd/c3-1(4)7-2(5)6;;;;;/h(H,3,4)(H,5,6);4*1H2;/q;4*-1;. The van der Waals surface area contributed by atoms with Crippen molar-refractivity contribution in [2.75, 3.05) is 0 Å². The summed E-state index contributed by atoms with van der Waals surface area (Å²) in [4.78, 5) is 18.4. The smallest absolute Gasteiger partial charge is 0.516 e. The summed E-state index contributed by atoms with van der Waals surface area (Å²) in [5.74, 6) is 0. The molecule has 0 aliphatic rings. The third-order valence-electron chi connectivity index (χ3n) is 0.175. The molecule has 0 heterocycles. The van der Waals surface area contributed by atoms with E-state index in [9.17, 15) is 9.59 Å². The number of nitrogens with two attached hydrogens (primary N) is 4. The van der Waals surface area contributed by atoms with E-state index in [4.69, 9.17) is 10.2 Å². The maximum atomic E-state index is 9.21. The van der Waals surface area contributed by atoms with Gasteiger partial charge in [-0.3, -0.25) is 0 Å². The summed E-state index contributed by atoms with van der Waals surface area (Å²) in [6, 6.07) is 0. The largest absolute Gasteiger partial charge is 0.693 e. The first-order valence-corrected chi connectivity index (χ1v) is 1.26. The summed E-state index contributed by atoms with van der Waals surface area (Å²) in [6.45, 7) is 0. The van der Waals surface area contributed by atoms with E-state index in [-0.39, 0.29) is 45.0 Å². The van der Waals surface area contributed by atoms with Crippen LogP contribution in [0.4, 0.5) is 9.59 Å². The summed E-state index contributed by atoms with van der Waals surface area (Å²) in [6.07, 6.45) is -3.62. The summed E-state index contributed by atoms with van der Waals surface area (Å²) in [5, 5.41) is 15.0. The Hall–Kier alpha value is -0.758. The second kappa shape index (κ2) is 22.5. The van der Waals surface area contributed by atoms with Gasteiger partial charge in [-0.25, -0.2) is 9.59 Å². The molecule has 10 heteroatoms. The van der Waals surface area contributed by atoms with Gasteiger partial charge in [0.15, 0.2) is 0 Å². The molecule has 0 amide bonds. The van der Waals surface area contributed by atoms with Gasteiger partial charge in [0.2, 0.25) is 0 Å². The van der Waals surface area contributed by atoms with Crippen LogP contribution in [0.1, 0.15) is 0 Å². The van der Waals surface area contributed by atoms with E-state index in [0.29, 0.717) is 0 Å². The number of hydrogen-bond acceptors (Lipinski definition) is 3. The van der Waals surface area contributed by atoms with E-state index >= 15 is 0 Å². The van der Waals surface area contributed by atoms with Crippen molar-refractivity contribution >= 4 is 12.3 Å². The SMILES string of the molecule is O=C(O)OC(=O)O.[NH2-].[NH2-].[NH2-].[NH2-].[Pd]. The molecule has 12 heavy (non-hydrogen) atoms. The monoisotopic (exact) mass is 276 g/mol. The molecular weight excluding hydrogens is 266 g/mol. The molecule has 0 saturated heterocycles. The molecule has 0 aromatic heterocycles. The van der Waals surface area contributed by atoms with Gasteiger partial charge in [0.05, 0.1) is 0 Å². The average molecular weight is 277 g/mol. The zero-order valence-electron chi connectivity index (χ0n) is 5.74. The van der Waals surface area contributed by atoms with E-state index in [1.165, 1.54) is 0 Å². The number of carbonyl (C=O) groups is 2. The van der Waals surface area contributed by atoms with Crippen LogP contribution in [0, 0.1) is 0 Å². The maximum absolute atomic E-state index is 9.21. The average Bonchev–Trinajstić information content (AvgIpc) is 1.27. The molecular formula is C2H10N4O5Pd-4. The van der Waals surface area contributed by atoms with Crippen molar-refractivity contribution in [2.45, 2.75) is 0 Å². The molecule has 0 fully saturated rings. The van der Waals surface area contributed by atoms with Crippen LogP contribution in [0.15, 0.2) is 0 Å². The second-order valence-electron chi connectivity index (χ2n) is 0.634. The normalized spacial score (nSPS) is 4.33. The molecule has 0 spiro atoms. The first-order valence-electron chi connectivity index (χ1n) is 1.26. The predicted molar refractivity (Wildman–Crippen MR) is 38.3 cm³/mol. The zero-order chi connectivity index (χ0) is 5.86. The van der Waals surface area contributed by atoms with Crippen LogP contribution in [0.2, 0.25) is 0 Å². The van der Waals surface area contributed by atoms with E-state index in [1.54, 1.807) is 0 Å². The number of hydrogen-bond donors (Lipinski definition) is 2. The van der Waals surface area contributed by atoms with Gasteiger partial charge in [0.1, 0.15) is 0 Å². The molecule has 0 rings (SSSR count). The van der Waals surface area contributed by atoms with Gasteiger partial charge in [0.25, 0.3) is 0 Å². The minimum absolute atomic E-state index is 0. The molecule has 9 nitrogen and oxygen atoms in total. The first kappa shape index (κ1) is 42.9. The summed E-state index contributed by atoms with van der Waals surface area (Å²) in [5.41, 5.74) is 0. The number of rotatable bonds is 0. The summed E-state index contributed by atoms with van der Waals surface area (Å²) in [7, 11) is 0. The van der Waals surface area contributed by atoms with Crippen LogP contribution in [0.25, 0.3) is 24.6 Å². The van der Waals surface area contributed by atoms with Crippen molar-refractivity contribution in [3.63, 3.8) is 0 Å². The molecule has 82 valence electrons. The third kappa shape index (κ3) is 59.7. The molecule has 0 aliphatic heterocycles. The molecule has 0 radical (unpaired) electrons. The van der Waals surface area contributed by atoms with Gasteiger partial charge in [0, 0.05) is 20.4 Å². The maximum Gasteiger partial charge on any atom is 0.516 e. The molecule has 0 aliphatic carbocycles. The van der Waals surface area contributed by atoms with Gasteiger partial charge < -0.3 is 39.6 Å². The molecule has 0 unspecified atom stereocenters. The Morgan fingerprint density at radius 2 is 1.00 bits per heavy atom. The Bertz CT molecular complexity index is 97.6. The Morgan fingerprint density at radius 3 is 1.00 bits per heavy atom. The fourth-order valence-corrected chi connectivity index (χ4v) is 0.0747. The summed E-state index contributed by atoms with van der Waals surface area (Å²) < 4.78 is 3.08. The van der Waals surface area contributed by atoms with Crippen LogP contribution in [0.5, 0.6) is 0 Å². The van der Waals surface area contributed by atoms with E-state index in [0.717, 1.165) is 0 Å². The van der Waals surface area contributed by atoms with Crippen molar-refractivity contribution in [3.05, 3.63) is 24.6 Å². The van der Waals surface area contributed by atoms with Crippen molar-refractivity contribution in [1.29, 1.82) is 0 Å². The van der Waals surface area contributed by atoms with Crippen LogP contribution < -0.4 is 0 Å². The fraction of sp³-hybridized carbons (Fsp3) is 0.